The van der Waals surface area contributed by atoms with Gasteiger partial charge in [-0.2, -0.15) is 5.26 Å². The molecule has 6 heteroatoms. The quantitative estimate of drug-likeness (QED) is 0.911. The van der Waals surface area contributed by atoms with Gasteiger partial charge in [0.15, 0.2) is 0 Å². The number of hydrogen-bond donors (Lipinski definition) is 1. The van der Waals surface area contributed by atoms with Gasteiger partial charge in [0.1, 0.15) is 17.6 Å². The summed E-state index contributed by atoms with van der Waals surface area (Å²) in [5.41, 5.74) is 0.402. The number of amides is 1. The summed E-state index contributed by atoms with van der Waals surface area (Å²) in [6, 6.07) is 7.61. The number of pyridine rings is 1. The summed E-state index contributed by atoms with van der Waals surface area (Å²) in [5, 5.41) is 12.1. The van der Waals surface area contributed by atoms with Crippen molar-refractivity contribution in [3.63, 3.8) is 0 Å². The summed E-state index contributed by atoms with van der Waals surface area (Å²) in [6.45, 7) is 3.56. The molecule has 0 radical (unpaired) electrons. The van der Waals surface area contributed by atoms with Crippen LogP contribution in [-0.2, 0) is 4.74 Å². The molecule has 2 rings (SSSR count). The van der Waals surface area contributed by atoms with E-state index in [0.29, 0.717) is 31.2 Å². The SMILES string of the molecule is CCOC(=O)N1CCC(Nc2cccc(C#N)n2)CC1. The number of hydrogen-bond acceptors (Lipinski definition) is 5. The van der Waals surface area contributed by atoms with Crippen LogP contribution < -0.4 is 5.32 Å². The second-order valence-electron chi connectivity index (χ2n) is 4.62. The minimum Gasteiger partial charge on any atom is -0.450 e. The van der Waals surface area contributed by atoms with Crippen molar-refractivity contribution in [1.29, 1.82) is 5.26 Å². The Kier molecular flexibility index (Phi) is 4.77. The van der Waals surface area contributed by atoms with Gasteiger partial charge in [0, 0.05) is 19.1 Å². The number of nitrogens with zero attached hydrogens (tertiary/aromatic N) is 3. The third-order valence-corrected chi connectivity index (χ3v) is 3.24. The number of nitrogens with one attached hydrogen (secondary N) is 1. The third kappa shape index (κ3) is 3.60. The molecule has 0 aliphatic carbocycles. The van der Waals surface area contributed by atoms with E-state index in [9.17, 15) is 4.79 Å². The highest BCUT2D eigenvalue weighted by atomic mass is 16.6. The van der Waals surface area contributed by atoms with Gasteiger partial charge < -0.3 is 15.0 Å². The van der Waals surface area contributed by atoms with Gasteiger partial charge in [-0.15, -0.1) is 0 Å². The summed E-state index contributed by atoms with van der Waals surface area (Å²) in [7, 11) is 0. The van der Waals surface area contributed by atoms with E-state index < -0.39 is 0 Å². The predicted octanol–water partition coefficient (Wildman–Crippen LogP) is 1.99. The first-order valence-corrected chi connectivity index (χ1v) is 6.78. The molecule has 0 bridgehead atoms. The Morgan fingerprint density at radius 2 is 2.30 bits per heavy atom. The highest BCUT2D eigenvalue weighted by Gasteiger charge is 2.23. The van der Waals surface area contributed by atoms with Gasteiger partial charge >= 0.3 is 6.09 Å². The molecule has 1 aromatic rings. The van der Waals surface area contributed by atoms with Crippen LogP contribution in [0.25, 0.3) is 0 Å². The van der Waals surface area contributed by atoms with Crippen molar-refractivity contribution in [2.45, 2.75) is 25.8 Å². The lowest BCUT2D eigenvalue weighted by molar-refractivity contribution is 0.0983. The lowest BCUT2D eigenvalue weighted by Crippen LogP contribution is -2.42. The zero-order valence-corrected chi connectivity index (χ0v) is 11.5. The van der Waals surface area contributed by atoms with Crippen molar-refractivity contribution >= 4 is 11.9 Å². The minimum absolute atomic E-state index is 0.240. The highest BCUT2D eigenvalue weighted by Crippen LogP contribution is 2.16. The van der Waals surface area contributed by atoms with Crippen molar-refractivity contribution in [2.24, 2.45) is 0 Å². The number of ether oxygens (including phenoxy) is 1. The molecule has 0 saturated carbocycles. The van der Waals surface area contributed by atoms with E-state index >= 15 is 0 Å². The molecule has 0 atom stereocenters. The number of likely N-dealkylation sites (tertiary alicyclic amines) is 1. The molecule has 1 aromatic heterocycles. The molecule has 1 N–H and O–H groups in total. The maximum absolute atomic E-state index is 11.6. The molecule has 2 heterocycles. The fourth-order valence-corrected chi connectivity index (χ4v) is 2.21. The lowest BCUT2D eigenvalue weighted by Gasteiger charge is -2.31. The normalized spacial score (nSPS) is 15.5. The molecule has 6 nitrogen and oxygen atoms in total. The van der Waals surface area contributed by atoms with E-state index in [1.807, 2.05) is 18.2 Å². The standard InChI is InChI=1S/C14H18N4O2/c1-2-20-14(19)18-8-6-11(7-9-18)16-13-5-3-4-12(10-15)17-13/h3-5,11H,2,6-9H2,1H3,(H,16,17). The van der Waals surface area contributed by atoms with Gasteiger partial charge in [0.05, 0.1) is 6.61 Å². The Bertz CT molecular complexity index is 504. The number of carbonyl (C=O) groups is 1. The van der Waals surface area contributed by atoms with Crippen LogP contribution in [0.5, 0.6) is 0 Å². The van der Waals surface area contributed by atoms with E-state index in [1.54, 1.807) is 17.9 Å². The second-order valence-corrected chi connectivity index (χ2v) is 4.62. The number of carbonyl (C=O) groups excluding carboxylic acids is 1. The number of anilines is 1. The van der Waals surface area contributed by atoms with Crippen LogP contribution >= 0.6 is 0 Å². The molecule has 20 heavy (non-hydrogen) atoms. The molecule has 1 aliphatic heterocycles. The van der Waals surface area contributed by atoms with Crippen LogP contribution in [0.4, 0.5) is 10.6 Å². The van der Waals surface area contributed by atoms with Gasteiger partial charge in [-0.05, 0) is 31.9 Å². The molecule has 1 aliphatic rings. The smallest absolute Gasteiger partial charge is 0.409 e. The Hall–Kier alpha value is -2.29. The lowest BCUT2D eigenvalue weighted by atomic mass is 10.1. The van der Waals surface area contributed by atoms with Crippen LogP contribution in [0.1, 0.15) is 25.5 Å². The summed E-state index contributed by atoms with van der Waals surface area (Å²) in [5.74, 6) is 0.707. The molecule has 0 aromatic carbocycles. The van der Waals surface area contributed by atoms with Gasteiger partial charge in [-0.25, -0.2) is 9.78 Å². The van der Waals surface area contributed by atoms with Crippen LogP contribution in [0, 0.1) is 11.3 Å². The first-order chi connectivity index (χ1) is 9.72. The summed E-state index contributed by atoms with van der Waals surface area (Å²) < 4.78 is 4.98. The van der Waals surface area contributed by atoms with Crippen LogP contribution in [0.3, 0.4) is 0 Å². The summed E-state index contributed by atoms with van der Waals surface area (Å²) in [6.07, 6.45) is 1.45. The van der Waals surface area contributed by atoms with Crippen LogP contribution in [-0.4, -0.2) is 41.7 Å². The van der Waals surface area contributed by atoms with E-state index in [0.717, 1.165) is 12.8 Å². The van der Waals surface area contributed by atoms with E-state index in [1.165, 1.54) is 0 Å². The van der Waals surface area contributed by atoms with Gasteiger partial charge in [0.25, 0.3) is 0 Å². The molecule has 1 saturated heterocycles. The maximum Gasteiger partial charge on any atom is 0.409 e. The minimum atomic E-state index is -0.240. The zero-order valence-electron chi connectivity index (χ0n) is 11.5. The van der Waals surface area contributed by atoms with Crippen molar-refractivity contribution in [2.75, 3.05) is 25.0 Å². The van der Waals surface area contributed by atoms with Crippen LogP contribution in [0.15, 0.2) is 18.2 Å². The third-order valence-electron chi connectivity index (χ3n) is 3.24. The largest absolute Gasteiger partial charge is 0.450 e. The Morgan fingerprint density at radius 1 is 1.55 bits per heavy atom. The molecule has 0 unspecified atom stereocenters. The Morgan fingerprint density at radius 3 is 2.95 bits per heavy atom. The van der Waals surface area contributed by atoms with Crippen molar-refractivity contribution in [3.05, 3.63) is 23.9 Å². The highest BCUT2D eigenvalue weighted by molar-refractivity contribution is 5.67. The van der Waals surface area contributed by atoms with Crippen molar-refractivity contribution < 1.29 is 9.53 Å². The molecular formula is C14H18N4O2. The molecule has 106 valence electrons. The Labute approximate surface area is 118 Å². The number of rotatable bonds is 3. The average molecular weight is 274 g/mol. The summed E-state index contributed by atoms with van der Waals surface area (Å²) in [4.78, 5) is 17.5. The monoisotopic (exact) mass is 274 g/mol. The first kappa shape index (κ1) is 14.1. The average Bonchev–Trinajstić information content (AvgIpc) is 2.48. The van der Waals surface area contributed by atoms with Crippen molar-refractivity contribution in [3.8, 4) is 6.07 Å². The van der Waals surface area contributed by atoms with Crippen molar-refractivity contribution in [1.82, 2.24) is 9.88 Å². The topological polar surface area (TPSA) is 78.2 Å². The molecule has 1 amide bonds. The number of nitriles is 1. The van der Waals surface area contributed by atoms with Crippen LogP contribution in [0.2, 0.25) is 0 Å². The van der Waals surface area contributed by atoms with E-state index in [-0.39, 0.29) is 12.1 Å². The fraction of sp³-hybridized carbons (Fsp3) is 0.500. The fourth-order valence-electron chi connectivity index (χ4n) is 2.21. The summed E-state index contributed by atoms with van der Waals surface area (Å²) >= 11 is 0. The van der Waals surface area contributed by atoms with E-state index in [2.05, 4.69) is 10.3 Å². The number of aromatic nitrogens is 1. The Balaban J connectivity index is 1.85. The maximum atomic E-state index is 11.6. The number of piperidine rings is 1. The second kappa shape index (κ2) is 6.75. The van der Waals surface area contributed by atoms with Gasteiger partial charge in [0.2, 0.25) is 0 Å². The van der Waals surface area contributed by atoms with Gasteiger partial charge in [-0.3, -0.25) is 0 Å². The van der Waals surface area contributed by atoms with Gasteiger partial charge in [-0.1, -0.05) is 6.07 Å². The molecule has 0 spiro atoms. The molecule has 1 fully saturated rings. The zero-order chi connectivity index (χ0) is 14.4. The van der Waals surface area contributed by atoms with E-state index in [4.69, 9.17) is 10.00 Å². The predicted molar refractivity (Wildman–Crippen MR) is 74.2 cm³/mol. The molecular weight excluding hydrogens is 256 g/mol. The first-order valence-electron chi connectivity index (χ1n) is 6.78.